The molecule has 0 saturated carbocycles. The van der Waals surface area contributed by atoms with Crippen molar-refractivity contribution in [2.45, 2.75) is 0 Å². The van der Waals surface area contributed by atoms with Gasteiger partial charge in [0.15, 0.2) is 0 Å². The van der Waals surface area contributed by atoms with Gasteiger partial charge in [0.2, 0.25) is 0 Å². The van der Waals surface area contributed by atoms with E-state index in [9.17, 15) is 0 Å². The minimum absolute atomic E-state index is 0. The molecular weight excluding hydrogens is 400 g/mol. The van der Waals surface area contributed by atoms with Crippen LogP contribution >= 0.6 is 0 Å². The van der Waals surface area contributed by atoms with Crippen molar-refractivity contribution in [2.24, 2.45) is 0 Å². The molecule has 1 radical (unpaired) electrons. The van der Waals surface area contributed by atoms with E-state index in [2.05, 4.69) is 34.2 Å². The molecule has 0 fully saturated rings. The molecule has 3 heteroatoms. The minimum Gasteiger partial charge on any atom is -0.655 e. The molecule has 89 valence electrons. The first-order chi connectivity index (χ1) is 8.43. The van der Waals surface area contributed by atoms with Gasteiger partial charge in [0.1, 0.15) is 0 Å². The zero-order chi connectivity index (χ0) is 11.2. The Morgan fingerprint density at radius 3 is 2.67 bits per heavy atom. The molecule has 2 aromatic heterocycles. The topological polar surface area (TPSA) is 27.0 Å². The maximum atomic E-state index is 4.68. The Kier molecular flexibility index (Phi) is 2.66. The van der Waals surface area contributed by atoms with Crippen LogP contribution in [0.3, 0.4) is 0 Å². The average molecular weight is 409 g/mol. The van der Waals surface area contributed by atoms with Gasteiger partial charge in [0.05, 0.1) is 5.52 Å². The average Bonchev–Trinajstić information content (AvgIpc) is 2.78. The van der Waals surface area contributed by atoms with E-state index in [-0.39, 0.29) is 20.1 Å². The van der Waals surface area contributed by atoms with Crippen molar-refractivity contribution < 1.29 is 20.1 Å². The summed E-state index contributed by atoms with van der Waals surface area (Å²) in [4.78, 5) is 9.12. The maximum Gasteiger partial charge on any atom is 0.0561 e. The van der Waals surface area contributed by atoms with Crippen LogP contribution in [0.4, 0.5) is 0 Å². The Balaban J connectivity index is 0.000001000. The van der Waals surface area contributed by atoms with Gasteiger partial charge in [0, 0.05) is 26.3 Å². The predicted octanol–water partition coefficient (Wildman–Crippen LogP) is 3.50. The SMILES string of the molecule is [Ir].c1cnc2c(c1)ccc1c3ccccc3[n-]c12. The third-order valence-corrected chi connectivity index (χ3v) is 3.17. The summed E-state index contributed by atoms with van der Waals surface area (Å²) in [6.45, 7) is 0. The quantitative estimate of drug-likeness (QED) is 0.445. The number of hydrogen-bond donors (Lipinski definition) is 0. The third-order valence-electron chi connectivity index (χ3n) is 3.17. The molecule has 2 aromatic carbocycles. The predicted molar refractivity (Wildman–Crippen MR) is 70.1 cm³/mol. The molecule has 4 aromatic rings. The Labute approximate surface area is 117 Å². The van der Waals surface area contributed by atoms with E-state index in [4.69, 9.17) is 0 Å². The molecule has 4 rings (SSSR count). The first-order valence-corrected chi connectivity index (χ1v) is 5.62. The van der Waals surface area contributed by atoms with E-state index >= 15 is 0 Å². The van der Waals surface area contributed by atoms with Crippen LogP contribution in [0.1, 0.15) is 0 Å². The molecule has 18 heavy (non-hydrogen) atoms. The van der Waals surface area contributed by atoms with Crippen molar-refractivity contribution in [1.82, 2.24) is 9.97 Å². The van der Waals surface area contributed by atoms with Gasteiger partial charge >= 0.3 is 0 Å². The Bertz CT molecular complexity index is 849. The summed E-state index contributed by atoms with van der Waals surface area (Å²) in [5.74, 6) is 0. The van der Waals surface area contributed by atoms with Gasteiger partial charge in [0.25, 0.3) is 0 Å². The second-order valence-electron chi connectivity index (χ2n) is 4.17. The fourth-order valence-electron chi connectivity index (χ4n) is 2.38. The molecule has 2 heterocycles. The standard InChI is InChI=1S/C15H9N2.Ir/c1-2-6-13-11(5-1)12-8-7-10-4-3-9-16-14(10)15(12)17-13;/h1-9H;/q-1;. The number of rotatable bonds is 0. The van der Waals surface area contributed by atoms with Gasteiger partial charge in [-0.2, -0.15) is 0 Å². The number of fused-ring (bicyclic) bond motifs is 5. The fraction of sp³-hybridized carbons (Fsp3) is 0. The van der Waals surface area contributed by atoms with Crippen molar-refractivity contribution in [3.05, 3.63) is 54.7 Å². The first kappa shape index (κ1) is 11.4. The summed E-state index contributed by atoms with van der Waals surface area (Å²) >= 11 is 0. The van der Waals surface area contributed by atoms with Crippen molar-refractivity contribution >= 4 is 32.7 Å². The second-order valence-corrected chi connectivity index (χ2v) is 4.17. The molecule has 0 bridgehead atoms. The molecule has 0 spiro atoms. The Morgan fingerprint density at radius 1 is 0.833 bits per heavy atom. The molecule has 0 aliphatic carbocycles. The molecule has 0 atom stereocenters. The number of benzene rings is 2. The zero-order valence-corrected chi connectivity index (χ0v) is 11.8. The number of hydrogen-bond acceptors (Lipinski definition) is 1. The van der Waals surface area contributed by atoms with Gasteiger partial charge in [-0.1, -0.05) is 42.5 Å². The second kappa shape index (κ2) is 4.20. The van der Waals surface area contributed by atoms with Crippen molar-refractivity contribution in [2.75, 3.05) is 0 Å². The van der Waals surface area contributed by atoms with Crippen LogP contribution in [0.2, 0.25) is 0 Å². The normalized spacial score (nSPS) is 10.9. The summed E-state index contributed by atoms with van der Waals surface area (Å²) < 4.78 is 0. The number of nitrogens with zero attached hydrogens (tertiary/aromatic N) is 2. The van der Waals surface area contributed by atoms with Gasteiger partial charge < -0.3 is 4.98 Å². The molecule has 0 aliphatic heterocycles. The summed E-state index contributed by atoms with van der Waals surface area (Å²) in [7, 11) is 0. The van der Waals surface area contributed by atoms with Crippen LogP contribution in [-0.2, 0) is 20.1 Å². The summed E-state index contributed by atoms with van der Waals surface area (Å²) in [5.41, 5.74) is 3.03. The van der Waals surface area contributed by atoms with Crippen LogP contribution in [-0.4, -0.2) is 4.98 Å². The smallest absolute Gasteiger partial charge is 0.0561 e. The number of para-hydroxylation sites is 1. The van der Waals surface area contributed by atoms with E-state index in [1.165, 1.54) is 10.8 Å². The molecule has 2 nitrogen and oxygen atoms in total. The van der Waals surface area contributed by atoms with Gasteiger partial charge in [-0.05, 0) is 22.2 Å². The van der Waals surface area contributed by atoms with E-state index < -0.39 is 0 Å². The Morgan fingerprint density at radius 2 is 1.72 bits per heavy atom. The molecule has 0 unspecified atom stereocenters. The van der Waals surface area contributed by atoms with Crippen LogP contribution < -0.4 is 4.98 Å². The molecule has 0 aliphatic rings. The van der Waals surface area contributed by atoms with Gasteiger partial charge in [-0.25, -0.2) is 0 Å². The van der Waals surface area contributed by atoms with Crippen LogP contribution in [0.25, 0.3) is 32.7 Å². The van der Waals surface area contributed by atoms with Crippen molar-refractivity contribution in [3.8, 4) is 0 Å². The van der Waals surface area contributed by atoms with Gasteiger partial charge in [-0.15, -0.1) is 11.0 Å². The van der Waals surface area contributed by atoms with Crippen LogP contribution in [0, 0.1) is 0 Å². The van der Waals surface area contributed by atoms with Crippen molar-refractivity contribution in [1.29, 1.82) is 0 Å². The van der Waals surface area contributed by atoms with E-state index in [1.54, 1.807) is 0 Å². The monoisotopic (exact) mass is 410 g/mol. The zero-order valence-electron chi connectivity index (χ0n) is 9.42. The van der Waals surface area contributed by atoms with Gasteiger partial charge in [-0.3, -0.25) is 4.98 Å². The minimum atomic E-state index is 0. The van der Waals surface area contributed by atoms with Crippen molar-refractivity contribution in [3.63, 3.8) is 0 Å². The van der Waals surface area contributed by atoms with E-state index in [1.807, 2.05) is 30.5 Å². The van der Waals surface area contributed by atoms with E-state index in [0.29, 0.717) is 0 Å². The number of pyridine rings is 1. The Hall–Kier alpha value is -1.70. The maximum absolute atomic E-state index is 4.68. The van der Waals surface area contributed by atoms with E-state index in [0.717, 1.165) is 21.9 Å². The number of aromatic nitrogens is 2. The molecule has 0 saturated heterocycles. The molecule has 0 amide bonds. The first-order valence-electron chi connectivity index (χ1n) is 5.62. The van der Waals surface area contributed by atoms with Crippen LogP contribution in [0.15, 0.2) is 54.7 Å². The summed E-state index contributed by atoms with van der Waals surface area (Å²) in [6.07, 6.45) is 1.82. The fourth-order valence-corrected chi connectivity index (χ4v) is 2.38. The van der Waals surface area contributed by atoms with Crippen LogP contribution in [0.5, 0.6) is 0 Å². The third kappa shape index (κ3) is 1.48. The molecule has 0 N–H and O–H groups in total. The molecular formula is C15H9IrN2-. The summed E-state index contributed by atoms with van der Waals surface area (Å²) in [5, 5.41) is 3.53. The summed E-state index contributed by atoms with van der Waals surface area (Å²) in [6, 6.07) is 16.5. The largest absolute Gasteiger partial charge is 0.655 e.